The third kappa shape index (κ3) is 60.1. The highest BCUT2D eigenvalue weighted by molar-refractivity contribution is 5.79. The molecule has 0 bridgehead atoms. The van der Waals surface area contributed by atoms with Gasteiger partial charge in [-0.3, -0.25) is 14.4 Å². The van der Waals surface area contributed by atoms with Gasteiger partial charge in [0.1, 0.15) is 5.84 Å². The first kappa shape index (κ1) is 78.2. The largest absolute Gasteiger partial charge is 0.386 e. The van der Waals surface area contributed by atoms with Gasteiger partial charge in [0, 0.05) is 65.0 Å². The Balaban J connectivity index is 3.38. The van der Waals surface area contributed by atoms with E-state index in [-0.39, 0.29) is 29.8 Å². The summed E-state index contributed by atoms with van der Waals surface area (Å²) in [6.45, 7) is 16.3. The number of nitrogens with one attached hydrogen (secondary N) is 1. The Morgan fingerprint density at radius 2 is 0.716 bits per heavy atom. The molecule has 2 atom stereocenters. The van der Waals surface area contributed by atoms with Crippen molar-refractivity contribution in [1.82, 2.24) is 15.1 Å². The number of rotatable bonds is 66. The first-order chi connectivity index (χ1) is 39.6. The fraction of sp³-hybridized carbons (Fsp3) is 0.932. The van der Waals surface area contributed by atoms with Crippen molar-refractivity contribution < 1.29 is 71.2 Å². The summed E-state index contributed by atoms with van der Waals surface area (Å²) in [7, 11) is 3.65. The van der Waals surface area contributed by atoms with Crippen molar-refractivity contribution in [3.05, 3.63) is 0 Å². The van der Waals surface area contributed by atoms with Crippen LogP contribution in [-0.4, -0.2) is 231 Å². The van der Waals surface area contributed by atoms with Gasteiger partial charge in [0.25, 0.3) is 0 Å². The number of hydrogen-bond donors (Lipinski definition) is 4. The molecule has 0 spiro atoms. The Bertz CT molecular complexity index is 1400. The third-order valence-electron chi connectivity index (χ3n) is 13.3. The molecule has 0 aromatic rings. The minimum Gasteiger partial charge on any atom is -0.386 e. The predicted octanol–water partition coefficient (Wildman–Crippen LogP) is 6.16. The van der Waals surface area contributed by atoms with Crippen LogP contribution in [0.15, 0.2) is 5.10 Å². The highest BCUT2D eigenvalue weighted by Crippen LogP contribution is 2.15. The lowest BCUT2D eigenvalue weighted by Crippen LogP contribution is -2.36. The summed E-state index contributed by atoms with van der Waals surface area (Å²) in [6, 6.07) is 0.217. The second-order valence-corrected chi connectivity index (χ2v) is 20.6. The van der Waals surface area contributed by atoms with Crippen LogP contribution in [0.25, 0.3) is 0 Å². The van der Waals surface area contributed by atoms with E-state index in [1.807, 2.05) is 25.8 Å². The van der Waals surface area contributed by atoms with Crippen molar-refractivity contribution in [3.8, 4) is 0 Å². The first-order valence-corrected chi connectivity index (χ1v) is 31.0. The number of unbranched alkanes of at least 4 members (excludes halogenated alkanes) is 15. The molecule has 22 nitrogen and oxygen atoms in total. The van der Waals surface area contributed by atoms with E-state index >= 15 is 0 Å². The normalized spacial score (nSPS) is 12.5. The molecular weight excluding hydrogens is 1050 g/mol. The van der Waals surface area contributed by atoms with E-state index in [2.05, 4.69) is 10.4 Å². The number of hydrazone groups is 1. The van der Waals surface area contributed by atoms with E-state index in [4.69, 9.17) is 74.2 Å². The van der Waals surface area contributed by atoms with Gasteiger partial charge >= 0.3 is 0 Å². The van der Waals surface area contributed by atoms with Gasteiger partial charge < -0.3 is 89.3 Å². The van der Waals surface area contributed by atoms with Gasteiger partial charge in [0.05, 0.1) is 159 Å². The fourth-order valence-electron chi connectivity index (χ4n) is 8.00. The minimum atomic E-state index is 0.00106. The molecule has 3 amide bonds. The Labute approximate surface area is 490 Å². The topological polar surface area (TPSA) is 271 Å². The summed E-state index contributed by atoms with van der Waals surface area (Å²) >= 11 is 0. The molecule has 0 saturated heterocycles. The van der Waals surface area contributed by atoms with E-state index in [1.54, 1.807) is 11.9 Å². The van der Waals surface area contributed by atoms with Crippen molar-refractivity contribution in [2.24, 2.45) is 22.4 Å². The van der Waals surface area contributed by atoms with Gasteiger partial charge in [0.15, 0.2) is 0 Å². The van der Waals surface area contributed by atoms with Crippen LogP contribution in [0.2, 0.25) is 0 Å². The zero-order chi connectivity index (χ0) is 59.2. The molecule has 0 aliphatic heterocycles. The molecule has 480 valence electrons. The van der Waals surface area contributed by atoms with Crippen LogP contribution in [-0.2, 0) is 71.2 Å². The van der Waals surface area contributed by atoms with Crippen molar-refractivity contribution in [2.75, 3.05) is 186 Å². The maximum absolute atomic E-state index is 12.8. The maximum Gasteiger partial charge on any atom is 0.222 e. The zero-order valence-electron chi connectivity index (χ0n) is 51.5. The van der Waals surface area contributed by atoms with Gasteiger partial charge in [-0.25, -0.2) is 0 Å². The molecule has 0 aliphatic rings. The Kier molecular flexibility index (Phi) is 61.0. The molecule has 0 saturated carbocycles. The highest BCUT2D eigenvalue weighted by Gasteiger charge is 2.18. The second kappa shape index (κ2) is 63.2. The van der Waals surface area contributed by atoms with Crippen LogP contribution in [0, 0.1) is 0 Å². The number of carbonyl (C=O) groups is 3. The number of carbonyl (C=O) groups excluding carboxylic acids is 3. The highest BCUT2D eigenvalue weighted by atomic mass is 16.6. The Hall–Kier alpha value is -2.84. The van der Waals surface area contributed by atoms with Gasteiger partial charge in [-0.15, -0.1) is 0 Å². The summed E-state index contributed by atoms with van der Waals surface area (Å²) in [5.41, 5.74) is 11.4. The molecule has 0 aliphatic carbocycles. The third-order valence-corrected chi connectivity index (χ3v) is 13.3. The van der Waals surface area contributed by atoms with Crippen LogP contribution in [0.5, 0.6) is 0 Å². The average molecular weight is 1170 g/mol. The van der Waals surface area contributed by atoms with E-state index in [1.165, 1.54) is 77.0 Å². The molecule has 0 heterocycles. The van der Waals surface area contributed by atoms with E-state index in [9.17, 15) is 14.4 Å². The van der Waals surface area contributed by atoms with Gasteiger partial charge in [-0.05, 0) is 46.0 Å². The van der Waals surface area contributed by atoms with Gasteiger partial charge in [-0.2, -0.15) is 5.10 Å². The molecule has 0 radical (unpaired) electrons. The lowest BCUT2D eigenvalue weighted by molar-refractivity contribution is -0.134. The number of hydrogen-bond acceptors (Lipinski definition) is 18. The average Bonchev–Trinajstić information content (AvgIpc) is 3.46. The number of amidine groups is 1. The zero-order valence-corrected chi connectivity index (χ0v) is 51.5. The molecule has 81 heavy (non-hydrogen) atoms. The maximum atomic E-state index is 12.8. The van der Waals surface area contributed by atoms with E-state index < -0.39 is 0 Å². The Morgan fingerprint density at radius 1 is 0.395 bits per heavy atom. The number of nitrogens with two attached hydrogens (primary N) is 3. The van der Waals surface area contributed by atoms with Crippen molar-refractivity contribution in [3.63, 3.8) is 0 Å². The molecule has 22 heteroatoms. The van der Waals surface area contributed by atoms with Crippen LogP contribution in [0.4, 0.5) is 0 Å². The molecular formula is C59H119N7O15. The van der Waals surface area contributed by atoms with Crippen molar-refractivity contribution in [2.45, 2.75) is 174 Å². The summed E-state index contributed by atoms with van der Waals surface area (Å²) in [6.07, 6.45) is 24.3. The fourth-order valence-corrected chi connectivity index (χ4v) is 8.00. The minimum absolute atomic E-state index is 0.00106. The molecule has 0 fully saturated rings. The SMILES string of the molecule is CC(N)CCCCNC(=O)CCOCCOCCOCCOCCOCCOCCOCCOCCOCCOCCOCCOCCN(C)C(=O)CCC(C)N(C)C(=O)CCCCCCCCCCCCCCCCC/C(N)=N/N. The monoisotopic (exact) mass is 1170 g/mol. The number of ether oxygens (including phenoxy) is 12. The Morgan fingerprint density at radius 3 is 1.06 bits per heavy atom. The first-order valence-electron chi connectivity index (χ1n) is 31.0. The van der Waals surface area contributed by atoms with Gasteiger partial charge in [-0.1, -0.05) is 89.9 Å². The lowest BCUT2D eigenvalue weighted by atomic mass is 10.0. The lowest BCUT2D eigenvalue weighted by Gasteiger charge is -2.26. The number of likely N-dealkylation sites (N-methyl/N-ethyl adjacent to an activating group) is 1. The molecule has 0 aromatic carbocycles. The molecule has 7 N–H and O–H groups in total. The smallest absolute Gasteiger partial charge is 0.222 e. The van der Waals surface area contributed by atoms with E-state index in [0.717, 1.165) is 44.9 Å². The summed E-state index contributed by atoms with van der Waals surface area (Å²) in [5, 5.41) is 6.41. The number of amides is 3. The standard InChI is InChI=1S/C59H119N7O15/c1-54(60)22-20-21-28-63-57(67)27-30-70-32-34-72-36-38-74-40-42-76-44-46-78-48-50-80-52-53-81-51-49-79-47-45-77-43-41-75-39-37-73-35-33-71-31-29-65(3)58(68)26-25-55(2)66(4)59(69)24-19-17-15-13-11-9-7-5-6-8-10-12-14-16-18-23-56(61)64-62/h54-55H,5-53,60,62H2,1-4H3,(H2,61,64)(H,63,67). The van der Waals surface area contributed by atoms with Crippen molar-refractivity contribution >= 4 is 23.6 Å². The van der Waals surface area contributed by atoms with Crippen LogP contribution in [0.3, 0.4) is 0 Å². The molecule has 2 unspecified atom stereocenters. The molecule has 0 rings (SSSR count). The predicted molar refractivity (Wildman–Crippen MR) is 318 cm³/mol. The van der Waals surface area contributed by atoms with Crippen LogP contribution >= 0.6 is 0 Å². The summed E-state index contributed by atoms with van der Waals surface area (Å²) in [5.74, 6) is 5.94. The van der Waals surface area contributed by atoms with E-state index in [0.29, 0.717) is 203 Å². The van der Waals surface area contributed by atoms with Gasteiger partial charge in [0.2, 0.25) is 17.7 Å². The van der Waals surface area contributed by atoms with Crippen LogP contribution < -0.4 is 22.6 Å². The quantitative estimate of drug-likeness (QED) is 0.0175. The van der Waals surface area contributed by atoms with Crippen molar-refractivity contribution in [1.29, 1.82) is 0 Å². The van der Waals surface area contributed by atoms with Crippen LogP contribution in [0.1, 0.15) is 162 Å². The summed E-state index contributed by atoms with van der Waals surface area (Å²) < 4.78 is 66.4. The number of nitrogens with zero attached hydrogens (tertiary/aromatic N) is 3. The second-order valence-electron chi connectivity index (χ2n) is 20.6. The summed E-state index contributed by atoms with van der Waals surface area (Å²) in [4.78, 5) is 40.8. The molecule has 0 aromatic heterocycles.